The Balaban J connectivity index is 1.67. The van der Waals surface area contributed by atoms with E-state index < -0.39 is 0 Å². The molecule has 1 amide bonds. The number of hydrogen-bond acceptors (Lipinski definition) is 5. The van der Waals surface area contributed by atoms with E-state index in [0.717, 1.165) is 12.2 Å². The van der Waals surface area contributed by atoms with Crippen molar-refractivity contribution in [3.63, 3.8) is 0 Å². The zero-order valence-electron chi connectivity index (χ0n) is 17.9. The minimum absolute atomic E-state index is 0.0911. The second kappa shape index (κ2) is 8.23. The van der Waals surface area contributed by atoms with Gasteiger partial charge in [0.25, 0.3) is 5.91 Å². The quantitative estimate of drug-likeness (QED) is 0.802. The van der Waals surface area contributed by atoms with Crippen molar-refractivity contribution in [1.82, 2.24) is 5.32 Å². The summed E-state index contributed by atoms with van der Waals surface area (Å²) >= 11 is 0. The van der Waals surface area contributed by atoms with Crippen molar-refractivity contribution in [2.75, 3.05) is 27.9 Å². The summed E-state index contributed by atoms with van der Waals surface area (Å²) in [4.78, 5) is 12.7. The lowest BCUT2D eigenvalue weighted by atomic mass is 9.86. The van der Waals surface area contributed by atoms with Gasteiger partial charge in [-0.25, -0.2) is 0 Å². The number of amides is 1. The molecule has 2 aromatic rings. The van der Waals surface area contributed by atoms with Gasteiger partial charge in [0.15, 0.2) is 11.5 Å². The van der Waals surface area contributed by atoms with E-state index in [1.165, 1.54) is 32.5 Å². The average Bonchev–Trinajstić information content (AvgIpc) is 3.12. The van der Waals surface area contributed by atoms with Crippen molar-refractivity contribution in [3.05, 3.63) is 47.0 Å². The van der Waals surface area contributed by atoms with Crippen LogP contribution in [-0.2, 0) is 11.8 Å². The third-order valence-electron chi connectivity index (χ3n) is 5.08. The molecule has 1 aliphatic rings. The lowest BCUT2D eigenvalue weighted by Gasteiger charge is -2.19. The summed E-state index contributed by atoms with van der Waals surface area (Å²) in [6, 6.07) is 9.61. The Kier molecular flexibility index (Phi) is 5.91. The van der Waals surface area contributed by atoms with Gasteiger partial charge in [-0.1, -0.05) is 32.9 Å². The maximum atomic E-state index is 12.7. The number of benzene rings is 2. The highest BCUT2D eigenvalue weighted by Gasteiger charge is 2.26. The minimum Gasteiger partial charge on any atom is -0.493 e. The summed E-state index contributed by atoms with van der Waals surface area (Å²) in [6.07, 6.45) is 0.681. The molecule has 1 N–H and O–H groups in total. The maximum absolute atomic E-state index is 12.7. The van der Waals surface area contributed by atoms with Crippen LogP contribution in [0, 0.1) is 0 Å². The summed E-state index contributed by atoms with van der Waals surface area (Å²) in [5, 5.41) is 2.94. The van der Waals surface area contributed by atoms with Crippen molar-refractivity contribution < 1.29 is 23.7 Å². The molecule has 1 heterocycles. The molecule has 156 valence electrons. The number of rotatable bonds is 6. The Labute approximate surface area is 172 Å². The molecule has 0 aliphatic carbocycles. The van der Waals surface area contributed by atoms with Gasteiger partial charge in [-0.15, -0.1) is 0 Å². The van der Waals surface area contributed by atoms with E-state index in [-0.39, 0.29) is 17.4 Å². The van der Waals surface area contributed by atoms with Crippen molar-refractivity contribution in [1.29, 1.82) is 0 Å². The first-order chi connectivity index (χ1) is 13.8. The van der Waals surface area contributed by atoms with Crippen molar-refractivity contribution >= 4 is 5.91 Å². The number of fused-ring (bicyclic) bond motifs is 1. The molecule has 0 bridgehead atoms. The number of hydrogen-bond donors (Lipinski definition) is 1. The molecule has 6 nitrogen and oxygen atoms in total. The normalized spacial score (nSPS) is 15.3. The van der Waals surface area contributed by atoms with Crippen LogP contribution in [0.4, 0.5) is 0 Å². The van der Waals surface area contributed by atoms with Gasteiger partial charge < -0.3 is 24.3 Å². The molecule has 0 fully saturated rings. The summed E-state index contributed by atoms with van der Waals surface area (Å²) in [6.45, 7) is 6.99. The van der Waals surface area contributed by atoms with E-state index in [4.69, 9.17) is 18.9 Å². The molecule has 1 aliphatic heterocycles. The smallest absolute Gasteiger partial charge is 0.251 e. The molecule has 3 rings (SSSR count). The fourth-order valence-corrected chi connectivity index (χ4v) is 3.42. The Hall–Kier alpha value is -2.89. The summed E-state index contributed by atoms with van der Waals surface area (Å²) in [7, 11) is 4.57. The van der Waals surface area contributed by atoms with E-state index in [9.17, 15) is 4.79 Å². The molecule has 0 unspecified atom stereocenters. The van der Waals surface area contributed by atoms with Crippen LogP contribution in [0.3, 0.4) is 0 Å². The van der Waals surface area contributed by atoms with Crippen LogP contribution in [0.2, 0.25) is 0 Å². The largest absolute Gasteiger partial charge is 0.493 e. The predicted molar refractivity (Wildman–Crippen MR) is 112 cm³/mol. The number of methoxy groups -OCH3 is 3. The number of nitrogens with one attached hydrogen (secondary N) is 1. The molecule has 1 atom stereocenters. The van der Waals surface area contributed by atoms with Gasteiger partial charge in [0.1, 0.15) is 11.9 Å². The fraction of sp³-hybridized carbons (Fsp3) is 0.435. The highest BCUT2D eigenvalue weighted by atomic mass is 16.5. The van der Waals surface area contributed by atoms with Gasteiger partial charge in [0, 0.05) is 12.0 Å². The van der Waals surface area contributed by atoms with Gasteiger partial charge in [-0.2, -0.15) is 0 Å². The molecule has 0 saturated heterocycles. The van der Waals surface area contributed by atoms with Gasteiger partial charge in [0.05, 0.1) is 27.9 Å². The molecular formula is C23H29NO5. The van der Waals surface area contributed by atoms with Gasteiger partial charge >= 0.3 is 0 Å². The Bertz CT molecular complexity index is 876. The zero-order valence-corrected chi connectivity index (χ0v) is 17.9. The highest BCUT2D eigenvalue weighted by Crippen LogP contribution is 2.38. The van der Waals surface area contributed by atoms with E-state index >= 15 is 0 Å². The molecule has 6 heteroatoms. The van der Waals surface area contributed by atoms with Crippen LogP contribution in [0.15, 0.2) is 30.3 Å². The van der Waals surface area contributed by atoms with Crippen molar-refractivity contribution in [2.24, 2.45) is 0 Å². The van der Waals surface area contributed by atoms with E-state index in [2.05, 4.69) is 38.2 Å². The number of carbonyl (C=O) groups excluding carboxylic acids is 1. The average molecular weight is 399 g/mol. The molecule has 2 aromatic carbocycles. The summed E-state index contributed by atoms with van der Waals surface area (Å²) in [5.74, 6) is 2.01. The first-order valence-electron chi connectivity index (χ1n) is 9.65. The Morgan fingerprint density at radius 1 is 1.07 bits per heavy atom. The van der Waals surface area contributed by atoms with Crippen molar-refractivity contribution in [2.45, 2.75) is 38.7 Å². The van der Waals surface area contributed by atoms with Gasteiger partial charge in [0.2, 0.25) is 5.75 Å². The highest BCUT2D eigenvalue weighted by molar-refractivity contribution is 5.95. The van der Waals surface area contributed by atoms with Gasteiger partial charge in [-0.05, 0) is 34.7 Å². The number of ether oxygens (including phenoxy) is 4. The van der Waals surface area contributed by atoms with Crippen LogP contribution in [0.1, 0.15) is 42.3 Å². The van der Waals surface area contributed by atoms with Crippen LogP contribution >= 0.6 is 0 Å². The summed E-state index contributed by atoms with van der Waals surface area (Å²) < 4.78 is 21.9. The second-order valence-corrected chi connectivity index (χ2v) is 8.14. The molecular weight excluding hydrogens is 370 g/mol. The van der Waals surface area contributed by atoms with Gasteiger partial charge in [-0.3, -0.25) is 4.79 Å². The second-order valence-electron chi connectivity index (χ2n) is 8.14. The molecule has 0 spiro atoms. The molecule has 0 aromatic heterocycles. The van der Waals surface area contributed by atoms with E-state index in [1.807, 2.05) is 6.07 Å². The zero-order chi connectivity index (χ0) is 21.2. The minimum atomic E-state index is -0.223. The maximum Gasteiger partial charge on any atom is 0.251 e. The first kappa shape index (κ1) is 20.8. The molecule has 29 heavy (non-hydrogen) atoms. The molecule has 0 saturated carbocycles. The first-order valence-corrected chi connectivity index (χ1v) is 9.65. The third kappa shape index (κ3) is 4.42. The standard InChI is InChI=1S/C23H29NO5/c1-23(2,3)16-7-8-18-14(9-16)10-17(29-18)13-24-22(25)15-11-19(26-4)21(28-6)20(12-15)27-5/h7-9,11-12,17H,10,13H2,1-6H3,(H,24,25)/t17-/m1/s1. The summed E-state index contributed by atoms with van der Waals surface area (Å²) in [5.41, 5.74) is 2.99. The lowest BCUT2D eigenvalue weighted by Crippen LogP contribution is -2.34. The van der Waals surface area contributed by atoms with E-state index in [0.29, 0.717) is 29.4 Å². The lowest BCUT2D eigenvalue weighted by molar-refractivity contribution is 0.0932. The Morgan fingerprint density at radius 2 is 1.72 bits per heavy atom. The SMILES string of the molecule is COc1cc(C(=O)NC[C@H]2Cc3cc(C(C)(C)C)ccc3O2)cc(OC)c1OC. The Morgan fingerprint density at radius 3 is 2.28 bits per heavy atom. The van der Waals surface area contributed by atoms with E-state index in [1.54, 1.807) is 12.1 Å². The monoisotopic (exact) mass is 399 g/mol. The third-order valence-corrected chi connectivity index (χ3v) is 5.08. The van der Waals surface area contributed by atoms with Crippen LogP contribution < -0.4 is 24.3 Å². The van der Waals surface area contributed by atoms with Crippen LogP contribution in [0.5, 0.6) is 23.0 Å². The van der Waals surface area contributed by atoms with Crippen molar-refractivity contribution in [3.8, 4) is 23.0 Å². The fourth-order valence-electron chi connectivity index (χ4n) is 3.42. The topological polar surface area (TPSA) is 66.0 Å². The number of carbonyl (C=O) groups is 1. The molecule has 0 radical (unpaired) electrons. The van der Waals surface area contributed by atoms with Crippen LogP contribution in [-0.4, -0.2) is 39.9 Å². The van der Waals surface area contributed by atoms with Crippen LogP contribution in [0.25, 0.3) is 0 Å². The predicted octanol–water partition coefficient (Wildman–Crippen LogP) is 3.74.